The van der Waals surface area contributed by atoms with Gasteiger partial charge >= 0.3 is 0 Å². The third kappa shape index (κ3) is 4.00. The number of rotatable bonds is 5. The summed E-state index contributed by atoms with van der Waals surface area (Å²) in [6.07, 6.45) is 4.27. The molecule has 1 fully saturated rings. The highest BCUT2D eigenvalue weighted by atomic mass is 16.4. The molecule has 0 spiro atoms. The van der Waals surface area contributed by atoms with Gasteiger partial charge in [-0.3, -0.25) is 9.69 Å². The van der Waals surface area contributed by atoms with Gasteiger partial charge in [0, 0.05) is 48.3 Å². The maximum absolute atomic E-state index is 12.6. The first-order chi connectivity index (χ1) is 13.9. The normalized spacial score (nSPS) is 21.4. The van der Waals surface area contributed by atoms with Gasteiger partial charge in [-0.15, -0.1) is 0 Å². The van der Waals surface area contributed by atoms with E-state index in [1.807, 2.05) is 25.3 Å². The van der Waals surface area contributed by atoms with E-state index in [0.29, 0.717) is 18.1 Å². The Morgan fingerprint density at radius 3 is 2.79 bits per heavy atom. The van der Waals surface area contributed by atoms with Crippen LogP contribution in [0.3, 0.4) is 0 Å². The van der Waals surface area contributed by atoms with Gasteiger partial charge in [-0.25, -0.2) is 4.98 Å². The molecule has 1 saturated heterocycles. The van der Waals surface area contributed by atoms with Crippen LogP contribution in [0.15, 0.2) is 41.1 Å². The molecular formula is C22H29N5O2. The molecule has 1 unspecified atom stereocenters. The Balaban J connectivity index is 1.39. The molecule has 4 rings (SSSR count). The molecule has 0 bridgehead atoms. The Bertz CT molecular complexity index is 982. The molecule has 3 atom stereocenters. The van der Waals surface area contributed by atoms with Crippen LogP contribution in [0, 0.1) is 0 Å². The SMILES string of the molecule is CC(Cc1c[nH]c2ccccc12)NC(=O)c1cnc(N2C[C@@H](C)N(C)[C@H](C)C2)o1. The van der Waals surface area contributed by atoms with Crippen molar-refractivity contribution in [2.45, 2.75) is 45.3 Å². The number of hydrogen-bond acceptors (Lipinski definition) is 5. The number of anilines is 1. The molecule has 2 N–H and O–H groups in total. The summed E-state index contributed by atoms with van der Waals surface area (Å²) in [4.78, 5) is 24.7. The number of H-pyrrole nitrogens is 1. The molecule has 154 valence electrons. The number of para-hydroxylation sites is 1. The first-order valence-electron chi connectivity index (χ1n) is 10.2. The molecule has 1 aliphatic rings. The van der Waals surface area contributed by atoms with E-state index in [1.54, 1.807) is 0 Å². The number of fused-ring (bicyclic) bond motifs is 1. The van der Waals surface area contributed by atoms with Crippen LogP contribution in [0.5, 0.6) is 0 Å². The van der Waals surface area contributed by atoms with Gasteiger partial charge < -0.3 is 19.6 Å². The third-order valence-corrected chi connectivity index (χ3v) is 5.93. The Hall–Kier alpha value is -2.80. The van der Waals surface area contributed by atoms with E-state index >= 15 is 0 Å². The Labute approximate surface area is 171 Å². The molecule has 1 amide bonds. The van der Waals surface area contributed by atoms with Crippen LogP contribution in [0.1, 0.15) is 36.9 Å². The number of oxazole rings is 1. The van der Waals surface area contributed by atoms with Gasteiger partial charge in [-0.1, -0.05) is 18.2 Å². The molecule has 0 aliphatic carbocycles. The fourth-order valence-electron chi connectivity index (χ4n) is 4.05. The summed E-state index contributed by atoms with van der Waals surface area (Å²) in [5.41, 5.74) is 2.30. The minimum Gasteiger partial charge on any atom is -0.418 e. The highest BCUT2D eigenvalue weighted by Crippen LogP contribution is 2.22. The molecular weight excluding hydrogens is 366 g/mol. The largest absolute Gasteiger partial charge is 0.418 e. The summed E-state index contributed by atoms with van der Waals surface area (Å²) < 4.78 is 5.80. The minimum absolute atomic E-state index is 0.0288. The molecule has 1 aliphatic heterocycles. The zero-order chi connectivity index (χ0) is 20.5. The van der Waals surface area contributed by atoms with E-state index in [9.17, 15) is 4.79 Å². The van der Waals surface area contributed by atoms with Crippen LogP contribution < -0.4 is 10.2 Å². The van der Waals surface area contributed by atoms with Crippen LogP contribution in [0.4, 0.5) is 6.01 Å². The second kappa shape index (κ2) is 7.91. The molecule has 3 heterocycles. The summed E-state index contributed by atoms with van der Waals surface area (Å²) in [5.74, 6) is 0.0244. The summed E-state index contributed by atoms with van der Waals surface area (Å²) in [6.45, 7) is 8.04. The summed E-state index contributed by atoms with van der Waals surface area (Å²) in [5, 5.41) is 4.22. The standard InChI is InChI=1S/C22H29N5O2/c1-14(9-17-10-23-19-8-6-5-7-18(17)19)25-21(28)20-11-24-22(29-20)27-12-15(2)26(4)16(3)13-27/h5-8,10-11,14-16,23H,9,12-13H2,1-4H3,(H,25,28)/t14?,15-,16-/m1/s1. The summed E-state index contributed by atoms with van der Waals surface area (Å²) in [6, 6.07) is 9.48. The minimum atomic E-state index is -0.230. The lowest BCUT2D eigenvalue weighted by Gasteiger charge is -2.41. The molecule has 1 aromatic carbocycles. The first kappa shape index (κ1) is 19.5. The Morgan fingerprint density at radius 1 is 1.31 bits per heavy atom. The van der Waals surface area contributed by atoms with Crippen LogP contribution in [0.25, 0.3) is 10.9 Å². The fourth-order valence-corrected chi connectivity index (χ4v) is 4.05. The van der Waals surface area contributed by atoms with Crippen molar-refractivity contribution in [3.63, 3.8) is 0 Å². The van der Waals surface area contributed by atoms with E-state index in [-0.39, 0.29) is 17.7 Å². The highest BCUT2D eigenvalue weighted by Gasteiger charge is 2.29. The molecule has 29 heavy (non-hydrogen) atoms. The van der Waals surface area contributed by atoms with Crippen molar-refractivity contribution < 1.29 is 9.21 Å². The predicted octanol–water partition coefficient (Wildman–Crippen LogP) is 3.05. The van der Waals surface area contributed by atoms with Gasteiger partial charge in [0.05, 0.1) is 6.20 Å². The van der Waals surface area contributed by atoms with Crippen LogP contribution in [-0.4, -0.2) is 59.0 Å². The number of carbonyl (C=O) groups is 1. The van der Waals surface area contributed by atoms with E-state index < -0.39 is 0 Å². The van der Waals surface area contributed by atoms with Crippen molar-refractivity contribution in [3.05, 3.63) is 48.0 Å². The van der Waals surface area contributed by atoms with Crippen molar-refractivity contribution in [1.82, 2.24) is 20.2 Å². The summed E-state index contributed by atoms with van der Waals surface area (Å²) in [7, 11) is 2.14. The zero-order valence-electron chi connectivity index (χ0n) is 17.5. The first-order valence-corrected chi connectivity index (χ1v) is 10.2. The van der Waals surface area contributed by atoms with Gasteiger partial charge in [0.1, 0.15) is 0 Å². The van der Waals surface area contributed by atoms with E-state index in [1.165, 1.54) is 17.1 Å². The van der Waals surface area contributed by atoms with Gasteiger partial charge in [0.2, 0.25) is 5.76 Å². The number of benzene rings is 1. The number of nitrogens with zero attached hydrogens (tertiary/aromatic N) is 3. The number of nitrogens with one attached hydrogen (secondary N) is 2. The highest BCUT2D eigenvalue weighted by molar-refractivity contribution is 5.91. The van der Waals surface area contributed by atoms with Crippen molar-refractivity contribution in [2.24, 2.45) is 0 Å². The number of aromatic nitrogens is 2. The molecule has 0 saturated carbocycles. The molecule has 0 radical (unpaired) electrons. The topological polar surface area (TPSA) is 77.4 Å². The lowest BCUT2D eigenvalue weighted by Crippen LogP contribution is -2.55. The maximum Gasteiger partial charge on any atom is 0.298 e. The van der Waals surface area contributed by atoms with Gasteiger partial charge in [0.15, 0.2) is 0 Å². The zero-order valence-corrected chi connectivity index (χ0v) is 17.5. The molecule has 7 nitrogen and oxygen atoms in total. The number of likely N-dealkylation sites (N-methyl/N-ethyl adjacent to an activating group) is 1. The Morgan fingerprint density at radius 2 is 2.03 bits per heavy atom. The van der Waals surface area contributed by atoms with Gasteiger partial charge in [-0.05, 0) is 45.9 Å². The number of carbonyl (C=O) groups excluding carboxylic acids is 1. The molecule has 2 aromatic heterocycles. The van der Waals surface area contributed by atoms with Crippen molar-refractivity contribution in [3.8, 4) is 0 Å². The average Bonchev–Trinajstić information content (AvgIpc) is 3.34. The van der Waals surface area contributed by atoms with E-state index in [4.69, 9.17) is 4.42 Å². The quantitative estimate of drug-likeness (QED) is 0.694. The number of aromatic amines is 1. The number of hydrogen-bond donors (Lipinski definition) is 2. The monoisotopic (exact) mass is 395 g/mol. The number of amides is 1. The Kier molecular flexibility index (Phi) is 5.32. The van der Waals surface area contributed by atoms with Gasteiger partial charge in [-0.2, -0.15) is 0 Å². The summed E-state index contributed by atoms with van der Waals surface area (Å²) >= 11 is 0. The second-order valence-corrected chi connectivity index (χ2v) is 8.21. The van der Waals surface area contributed by atoms with Crippen molar-refractivity contribution in [2.75, 3.05) is 25.0 Å². The lowest BCUT2D eigenvalue weighted by atomic mass is 10.1. The van der Waals surface area contributed by atoms with E-state index in [0.717, 1.165) is 25.0 Å². The average molecular weight is 396 g/mol. The third-order valence-electron chi connectivity index (χ3n) is 5.93. The lowest BCUT2D eigenvalue weighted by molar-refractivity contribution is 0.0912. The van der Waals surface area contributed by atoms with Crippen LogP contribution >= 0.6 is 0 Å². The van der Waals surface area contributed by atoms with E-state index in [2.05, 4.69) is 58.1 Å². The molecule has 7 heteroatoms. The van der Waals surface area contributed by atoms with Crippen LogP contribution in [0.2, 0.25) is 0 Å². The predicted molar refractivity (Wildman–Crippen MR) is 114 cm³/mol. The fraction of sp³-hybridized carbons (Fsp3) is 0.455. The molecule has 3 aromatic rings. The van der Waals surface area contributed by atoms with Gasteiger partial charge in [0.25, 0.3) is 11.9 Å². The van der Waals surface area contributed by atoms with Crippen molar-refractivity contribution >= 4 is 22.8 Å². The van der Waals surface area contributed by atoms with Crippen LogP contribution in [-0.2, 0) is 6.42 Å². The van der Waals surface area contributed by atoms with Crippen molar-refractivity contribution in [1.29, 1.82) is 0 Å². The maximum atomic E-state index is 12.6. The second-order valence-electron chi connectivity index (χ2n) is 8.21. The smallest absolute Gasteiger partial charge is 0.298 e. The number of piperazine rings is 1.